The first-order chi connectivity index (χ1) is 14.3. The maximum atomic E-state index is 12.6. The predicted molar refractivity (Wildman–Crippen MR) is 114 cm³/mol. The number of carbonyl (C=O) groups is 1. The summed E-state index contributed by atoms with van der Waals surface area (Å²) < 4.78 is 42.4. The zero-order valence-corrected chi connectivity index (χ0v) is 18.7. The van der Waals surface area contributed by atoms with Gasteiger partial charge in [0.1, 0.15) is 0 Å². The number of carbonyl (C=O) groups excluding carboxylic acids is 1. The molecule has 0 unspecified atom stereocenters. The predicted octanol–water partition coefficient (Wildman–Crippen LogP) is 2.67. The SMILES string of the molecule is CCN(CC)S(=O)(=O)c1ccc(C(=O)NCc2cc(OC)c(OC)c(OC)c2)cc1. The van der Waals surface area contributed by atoms with Crippen molar-refractivity contribution in [2.24, 2.45) is 0 Å². The van der Waals surface area contributed by atoms with Crippen molar-refractivity contribution in [1.29, 1.82) is 0 Å². The molecule has 0 atom stereocenters. The second kappa shape index (κ2) is 10.3. The van der Waals surface area contributed by atoms with Crippen LogP contribution < -0.4 is 19.5 Å². The van der Waals surface area contributed by atoms with Gasteiger partial charge in [0.2, 0.25) is 15.8 Å². The Labute approximate surface area is 177 Å². The molecule has 0 radical (unpaired) electrons. The fraction of sp³-hybridized carbons (Fsp3) is 0.381. The van der Waals surface area contributed by atoms with Crippen LogP contribution in [0, 0.1) is 0 Å². The summed E-state index contributed by atoms with van der Waals surface area (Å²) >= 11 is 0. The van der Waals surface area contributed by atoms with E-state index in [2.05, 4.69) is 5.32 Å². The molecule has 0 aliphatic carbocycles. The van der Waals surface area contributed by atoms with Gasteiger partial charge in [-0.3, -0.25) is 4.79 Å². The van der Waals surface area contributed by atoms with Crippen LogP contribution >= 0.6 is 0 Å². The highest BCUT2D eigenvalue weighted by atomic mass is 32.2. The van der Waals surface area contributed by atoms with E-state index in [0.29, 0.717) is 35.9 Å². The number of amides is 1. The summed E-state index contributed by atoms with van der Waals surface area (Å²) in [5.41, 5.74) is 1.12. The highest BCUT2D eigenvalue weighted by Crippen LogP contribution is 2.38. The molecule has 1 amide bonds. The topological polar surface area (TPSA) is 94.2 Å². The summed E-state index contributed by atoms with van der Waals surface area (Å²) in [5.74, 6) is 1.13. The lowest BCUT2D eigenvalue weighted by atomic mass is 10.1. The number of hydrogen-bond donors (Lipinski definition) is 1. The summed E-state index contributed by atoms with van der Waals surface area (Å²) in [5, 5.41) is 2.81. The van der Waals surface area contributed by atoms with Gasteiger partial charge in [-0.25, -0.2) is 8.42 Å². The molecule has 9 heteroatoms. The number of sulfonamides is 1. The zero-order chi connectivity index (χ0) is 22.3. The molecule has 0 aliphatic heterocycles. The summed E-state index contributed by atoms with van der Waals surface area (Å²) in [6.45, 7) is 4.57. The van der Waals surface area contributed by atoms with Crippen LogP contribution in [0.4, 0.5) is 0 Å². The average Bonchev–Trinajstić information content (AvgIpc) is 2.77. The van der Waals surface area contributed by atoms with Gasteiger partial charge in [0.15, 0.2) is 11.5 Å². The summed E-state index contributed by atoms with van der Waals surface area (Å²) in [4.78, 5) is 12.7. The fourth-order valence-corrected chi connectivity index (χ4v) is 4.47. The van der Waals surface area contributed by atoms with E-state index in [4.69, 9.17) is 14.2 Å². The molecule has 0 aromatic heterocycles. The lowest BCUT2D eigenvalue weighted by Gasteiger charge is -2.18. The highest BCUT2D eigenvalue weighted by molar-refractivity contribution is 7.89. The highest BCUT2D eigenvalue weighted by Gasteiger charge is 2.21. The smallest absolute Gasteiger partial charge is 0.251 e. The Morgan fingerprint density at radius 1 is 0.933 bits per heavy atom. The standard InChI is InChI=1S/C21H28N2O6S/c1-6-23(7-2)30(25,26)17-10-8-16(9-11-17)21(24)22-14-15-12-18(27-3)20(29-5)19(13-15)28-4/h8-13H,6-7,14H2,1-5H3,(H,22,24). The molecule has 8 nitrogen and oxygen atoms in total. The largest absolute Gasteiger partial charge is 0.493 e. The van der Waals surface area contributed by atoms with Crippen LogP contribution in [0.3, 0.4) is 0 Å². The zero-order valence-electron chi connectivity index (χ0n) is 17.9. The molecular formula is C21H28N2O6S. The first-order valence-electron chi connectivity index (χ1n) is 9.49. The lowest BCUT2D eigenvalue weighted by Crippen LogP contribution is -2.30. The first kappa shape index (κ1) is 23.5. The van der Waals surface area contributed by atoms with E-state index in [0.717, 1.165) is 5.56 Å². The Morgan fingerprint density at radius 2 is 1.47 bits per heavy atom. The van der Waals surface area contributed by atoms with Crippen molar-refractivity contribution in [3.63, 3.8) is 0 Å². The average molecular weight is 437 g/mol. The minimum atomic E-state index is -3.56. The third-order valence-corrected chi connectivity index (χ3v) is 6.70. The minimum Gasteiger partial charge on any atom is -0.493 e. The maximum Gasteiger partial charge on any atom is 0.251 e. The Hall–Kier alpha value is -2.78. The first-order valence-corrected chi connectivity index (χ1v) is 10.9. The number of nitrogens with zero attached hydrogens (tertiary/aromatic N) is 1. The number of nitrogens with one attached hydrogen (secondary N) is 1. The number of hydrogen-bond acceptors (Lipinski definition) is 6. The normalized spacial score (nSPS) is 11.3. The van der Waals surface area contributed by atoms with E-state index in [1.165, 1.54) is 49.9 Å². The van der Waals surface area contributed by atoms with Crippen LogP contribution in [0.5, 0.6) is 17.2 Å². The Morgan fingerprint density at radius 3 is 1.90 bits per heavy atom. The molecule has 0 fully saturated rings. The third kappa shape index (κ3) is 5.03. The molecule has 0 bridgehead atoms. The molecule has 0 saturated carbocycles. The molecule has 2 aromatic carbocycles. The van der Waals surface area contributed by atoms with Gasteiger partial charge in [-0.15, -0.1) is 0 Å². The van der Waals surface area contributed by atoms with Crippen molar-refractivity contribution < 1.29 is 27.4 Å². The van der Waals surface area contributed by atoms with Crippen molar-refractivity contribution in [3.05, 3.63) is 47.5 Å². The van der Waals surface area contributed by atoms with E-state index in [1.807, 2.05) is 0 Å². The number of methoxy groups -OCH3 is 3. The molecule has 0 spiro atoms. The maximum absolute atomic E-state index is 12.6. The second-order valence-corrected chi connectivity index (χ2v) is 8.27. The van der Waals surface area contributed by atoms with E-state index in [-0.39, 0.29) is 17.3 Å². The molecule has 30 heavy (non-hydrogen) atoms. The van der Waals surface area contributed by atoms with Gasteiger partial charge in [0, 0.05) is 25.2 Å². The van der Waals surface area contributed by atoms with Gasteiger partial charge < -0.3 is 19.5 Å². The van der Waals surface area contributed by atoms with Crippen LogP contribution in [0.1, 0.15) is 29.8 Å². The summed E-state index contributed by atoms with van der Waals surface area (Å²) in [6, 6.07) is 9.40. The van der Waals surface area contributed by atoms with E-state index in [9.17, 15) is 13.2 Å². The molecular weight excluding hydrogens is 408 g/mol. The molecule has 0 saturated heterocycles. The fourth-order valence-electron chi connectivity index (χ4n) is 3.01. The second-order valence-electron chi connectivity index (χ2n) is 6.33. The molecule has 2 aromatic rings. The number of rotatable bonds is 10. The van der Waals surface area contributed by atoms with Crippen molar-refractivity contribution in [2.45, 2.75) is 25.3 Å². The monoisotopic (exact) mass is 436 g/mol. The van der Waals surface area contributed by atoms with Crippen LogP contribution in [-0.2, 0) is 16.6 Å². The van der Waals surface area contributed by atoms with Gasteiger partial charge in [-0.1, -0.05) is 13.8 Å². The van der Waals surface area contributed by atoms with Crippen LogP contribution in [0.25, 0.3) is 0 Å². The van der Waals surface area contributed by atoms with Gasteiger partial charge in [0.25, 0.3) is 5.91 Å². The van der Waals surface area contributed by atoms with Crippen LogP contribution in [0.15, 0.2) is 41.3 Å². The van der Waals surface area contributed by atoms with Gasteiger partial charge in [-0.2, -0.15) is 4.31 Å². The van der Waals surface area contributed by atoms with E-state index < -0.39 is 10.0 Å². The summed E-state index contributed by atoms with van der Waals surface area (Å²) in [7, 11) is 1.00. The third-order valence-electron chi connectivity index (χ3n) is 4.64. The number of benzene rings is 2. The molecule has 1 N–H and O–H groups in total. The van der Waals surface area contributed by atoms with Gasteiger partial charge >= 0.3 is 0 Å². The van der Waals surface area contributed by atoms with E-state index >= 15 is 0 Å². The van der Waals surface area contributed by atoms with Crippen LogP contribution in [-0.4, -0.2) is 53.0 Å². The van der Waals surface area contributed by atoms with Gasteiger partial charge in [-0.05, 0) is 42.0 Å². The Kier molecular flexibility index (Phi) is 8.08. The van der Waals surface area contributed by atoms with Crippen molar-refractivity contribution in [3.8, 4) is 17.2 Å². The van der Waals surface area contributed by atoms with Crippen molar-refractivity contribution in [1.82, 2.24) is 9.62 Å². The Balaban J connectivity index is 2.14. The molecule has 0 aliphatic rings. The van der Waals surface area contributed by atoms with Crippen molar-refractivity contribution in [2.75, 3.05) is 34.4 Å². The minimum absolute atomic E-state index is 0.160. The van der Waals surface area contributed by atoms with Gasteiger partial charge in [0.05, 0.1) is 26.2 Å². The molecule has 164 valence electrons. The summed E-state index contributed by atoms with van der Waals surface area (Å²) in [6.07, 6.45) is 0. The Bertz CT molecular complexity index is 944. The molecule has 0 heterocycles. The quantitative estimate of drug-likeness (QED) is 0.615. The number of ether oxygens (including phenoxy) is 3. The lowest BCUT2D eigenvalue weighted by molar-refractivity contribution is 0.0950. The van der Waals surface area contributed by atoms with Crippen LogP contribution in [0.2, 0.25) is 0 Å². The molecule has 2 rings (SSSR count). The van der Waals surface area contributed by atoms with E-state index in [1.54, 1.807) is 26.0 Å². The van der Waals surface area contributed by atoms with Crippen molar-refractivity contribution >= 4 is 15.9 Å².